The number of methoxy groups -OCH3 is 1. The van der Waals surface area contributed by atoms with Gasteiger partial charge in [-0.2, -0.15) is 0 Å². The van der Waals surface area contributed by atoms with Crippen molar-refractivity contribution in [3.63, 3.8) is 0 Å². The first-order chi connectivity index (χ1) is 12.6. The van der Waals surface area contributed by atoms with Crippen LogP contribution in [0.15, 0.2) is 59.9 Å². The molecule has 0 amide bonds. The smallest absolute Gasteiger partial charge is 0.155 e. The van der Waals surface area contributed by atoms with Crippen LogP contribution in [0.4, 0.5) is 5.69 Å². The first kappa shape index (κ1) is 17.8. The second-order valence-electron chi connectivity index (χ2n) is 6.23. The van der Waals surface area contributed by atoms with Crippen molar-refractivity contribution in [2.75, 3.05) is 26.9 Å². The number of hydrogen-bond donors (Lipinski definition) is 2. The lowest BCUT2D eigenvalue weighted by Gasteiger charge is -2.34. The maximum absolute atomic E-state index is 6.00. The summed E-state index contributed by atoms with van der Waals surface area (Å²) in [6.07, 6.45) is 5.28. The molecular weight excluding hydrogens is 324 g/mol. The minimum Gasteiger partial charge on any atom is -0.404 e. The molecule has 2 aromatic rings. The minimum absolute atomic E-state index is 0.144. The Balaban J connectivity index is 2.20. The third-order valence-corrected chi connectivity index (χ3v) is 4.51. The highest BCUT2D eigenvalue weighted by Crippen LogP contribution is 2.39. The summed E-state index contributed by atoms with van der Waals surface area (Å²) in [6, 6.07) is 14.2. The Morgan fingerprint density at radius 2 is 2.04 bits per heavy atom. The van der Waals surface area contributed by atoms with Gasteiger partial charge in [-0.1, -0.05) is 24.3 Å². The summed E-state index contributed by atoms with van der Waals surface area (Å²) in [7, 11) is 5.45. The first-order valence-electron chi connectivity index (χ1n) is 8.40. The standard InChI is InChI=1S/C21H24N4O/c1-24-12-16(11-22)14-7-8-18-19(10-14)20(13-25(2)21(18)26-3)15-5-4-6-17(23)9-15/h4-13,21H,22-23H2,1-3H3. The summed E-state index contributed by atoms with van der Waals surface area (Å²) in [5.74, 6) is 0. The predicted octanol–water partition coefficient (Wildman–Crippen LogP) is 3.25. The minimum atomic E-state index is -0.144. The molecule has 2 aromatic carbocycles. The molecule has 3 rings (SSSR count). The van der Waals surface area contributed by atoms with Crippen LogP contribution in [0.3, 0.4) is 0 Å². The van der Waals surface area contributed by atoms with E-state index in [1.807, 2.05) is 31.3 Å². The van der Waals surface area contributed by atoms with Gasteiger partial charge in [0, 0.05) is 62.2 Å². The normalized spacial score (nSPS) is 17.3. The average molecular weight is 348 g/mol. The third kappa shape index (κ3) is 3.21. The van der Waals surface area contributed by atoms with E-state index in [2.05, 4.69) is 34.3 Å². The molecule has 26 heavy (non-hydrogen) atoms. The lowest BCUT2D eigenvalue weighted by molar-refractivity contribution is 0.00460. The van der Waals surface area contributed by atoms with Crippen molar-refractivity contribution in [2.24, 2.45) is 10.7 Å². The van der Waals surface area contributed by atoms with Gasteiger partial charge in [0.05, 0.1) is 0 Å². The molecule has 134 valence electrons. The van der Waals surface area contributed by atoms with Crippen LogP contribution in [0, 0.1) is 0 Å². The van der Waals surface area contributed by atoms with Crippen LogP contribution in [0.25, 0.3) is 11.1 Å². The van der Waals surface area contributed by atoms with Crippen LogP contribution in [0.1, 0.15) is 28.5 Å². The number of nitrogen functional groups attached to an aromatic ring is 1. The number of hydrogen-bond acceptors (Lipinski definition) is 5. The lowest BCUT2D eigenvalue weighted by Crippen LogP contribution is -2.26. The van der Waals surface area contributed by atoms with Crippen LogP contribution >= 0.6 is 0 Å². The fourth-order valence-corrected chi connectivity index (χ4v) is 3.33. The van der Waals surface area contributed by atoms with Crippen molar-refractivity contribution in [3.8, 4) is 0 Å². The van der Waals surface area contributed by atoms with Gasteiger partial charge < -0.3 is 21.1 Å². The summed E-state index contributed by atoms with van der Waals surface area (Å²) in [6.45, 7) is 0. The number of anilines is 1. The number of nitrogens with two attached hydrogens (primary N) is 2. The Morgan fingerprint density at radius 3 is 2.69 bits per heavy atom. The van der Waals surface area contributed by atoms with Crippen LogP contribution in [-0.4, -0.2) is 32.3 Å². The lowest BCUT2D eigenvalue weighted by atomic mass is 9.88. The van der Waals surface area contributed by atoms with Crippen LogP contribution in [0.5, 0.6) is 0 Å². The quantitative estimate of drug-likeness (QED) is 0.657. The molecule has 0 aromatic heterocycles. The summed E-state index contributed by atoms with van der Waals surface area (Å²) in [5.41, 5.74) is 18.8. The Hall–Kier alpha value is -3.05. The zero-order valence-corrected chi connectivity index (χ0v) is 15.3. The van der Waals surface area contributed by atoms with Gasteiger partial charge in [-0.15, -0.1) is 0 Å². The average Bonchev–Trinajstić information content (AvgIpc) is 2.65. The Morgan fingerprint density at radius 1 is 1.23 bits per heavy atom. The van der Waals surface area contributed by atoms with Gasteiger partial charge in [0.15, 0.2) is 6.23 Å². The van der Waals surface area contributed by atoms with Gasteiger partial charge in [0.1, 0.15) is 0 Å². The number of rotatable bonds is 4. The van der Waals surface area contributed by atoms with E-state index in [1.54, 1.807) is 26.6 Å². The monoisotopic (exact) mass is 348 g/mol. The molecule has 1 aliphatic rings. The van der Waals surface area contributed by atoms with E-state index in [0.717, 1.165) is 39.1 Å². The number of aliphatic imine (C=N–C) groups is 1. The van der Waals surface area contributed by atoms with Gasteiger partial charge in [-0.3, -0.25) is 4.99 Å². The SMILES string of the molecule is CN=CC(=CN)c1ccc2c(c1)C(c1cccc(N)c1)=CN(C)C2OC. The summed E-state index contributed by atoms with van der Waals surface area (Å²) in [5, 5.41) is 0. The molecule has 0 aliphatic carbocycles. The largest absolute Gasteiger partial charge is 0.404 e. The fraction of sp³-hybridized carbons (Fsp3) is 0.190. The fourth-order valence-electron chi connectivity index (χ4n) is 3.33. The van der Waals surface area contributed by atoms with Gasteiger partial charge in [0.2, 0.25) is 0 Å². The van der Waals surface area contributed by atoms with E-state index in [0.29, 0.717) is 0 Å². The summed E-state index contributed by atoms with van der Waals surface area (Å²) < 4.78 is 5.70. The van der Waals surface area contributed by atoms with Gasteiger partial charge in [-0.25, -0.2) is 0 Å². The molecule has 1 unspecified atom stereocenters. The summed E-state index contributed by atoms with van der Waals surface area (Å²) in [4.78, 5) is 6.15. The molecule has 1 atom stereocenters. The molecule has 0 saturated heterocycles. The van der Waals surface area contributed by atoms with Crippen LogP contribution < -0.4 is 11.5 Å². The zero-order chi connectivity index (χ0) is 18.7. The molecule has 0 fully saturated rings. The highest BCUT2D eigenvalue weighted by Gasteiger charge is 2.26. The number of allylic oxidation sites excluding steroid dienone is 1. The van der Waals surface area contributed by atoms with Crippen molar-refractivity contribution in [1.29, 1.82) is 0 Å². The molecule has 1 aliphatic heterocycles. The van der Waals surface area contributed by atoms with E-state index in [1.165, 1.54) is 0 Å². The molecule has 1 heterocycles. The Labute approximate surface area is 154 Å². The van der Waals surface area contributed by atoms with Crippen LogP contribution in [-0.2, 0) is 4.74 Å². The Bertz CT molecular complexity index is 899. The van der Waals surface area contributed by atoms with Crippen LogP contribution in [0.2, 0.25) is 0 Å². The maximum atomic E-state index is 6.00. The molecule has 5 heteroatoms. The highest BCUT2D eigenvalue weighted by molar-refractivity contribution is 6.10. The number of ether oxygens (including phenoxy) is 1. The molecule has 0 bridgehead atoms. The molecule has 0 radical (unpaired) electrons. The molecule has 4 N–H and O–H groups in total. The second-order valence-corrected chi connectivity index (χ2v) is 6.23. The zero-order valence-electron chi connectivity index (χ0n) is 15.3. The van der Waals surface area contributed by atoms with Crippen molar-refractivity contribution < 1.29 is 4.74 Å². The van der Waals surface area contributed by atoms with Gasteiger partial charge in [0.25, 0.3) is 0 Å². The summed E-state index contributed by atoms with van der Waals surface area (Å²) >= 11 is 0. The predicted molar refractivity (Wildman–Crippen MR) is 108 cm³/mol. The molecule has 0 spiro atoms. The number of nitrogens with zero attached hydrogens (tertiary/aromatic N) is 2. The second kappa shape index (κ2) is 7.45. The Kier molecular flexibility index (Phi) is 5.09. The molecule has 5 nitrogen and oxygen atoms in total. The van der Waals surface area contributed by atoms with E-state index in [9.17, 15) is 0 Å². The van der Waals surface area contributed by atoms with Crippen molar-refractivity contribution in [1.82, 2.24) is 4.90 Å². The van der Waals surface area contributed by atoms with Gasteiger partial charge >= 0.3 is 0 Å². The highest BCUT2D eigenvalue weighted by atomic mass is 16.5. The van der Waals surface area contributed by atoms with Crippen molar-refractivity contribution in [2.45, 2.75) is 6.23 Å². The number of fused-ring (bicyclic) bond motifs is 1. The van der Waals surface area contributed by atoms with E-state index in [-0.39, 0.29) is 6.23 Å². The topological polar surface area (TPSA) is 76.9 Å². The number of benzene rings is 2. The van der Waals surface area contributed by atoms with Gasteiger partial charge in [-0.05, 0) is 34.9 Å². The van der Waals surface area contributed by atoms with Crippen molar-refractivity contribution >= 4 is 23.0 Å². The first-order valence-corrected chi connectivity index (χ1v) is 8.40. The van der Waals surface area contributed by atoms with E-state index in [4.69, 9.17) is 16.2 Å². The third-order valence-electron chi connectivity index (χ3n) is 4.51. The molecule has 0 saturated carbocycles. The van der Waals surface area contributed by atoms with Crippen molar-refractivity contribution in [3.05, 3.63) is 77.1 Å². The van der Waals surface area contributed by atoms with E-state index < -0.39 is 0 Å². The van der Waals surface area contributed by atoms with E-state index >= 15 is 0 Å². The molecular formula is C21H24N4O. The maximum Gasteiger partial charge on any atom is 0.155 e.